The van der Waals surface area contributed by atoms with Crippen LogP contribution in [0.2, 0.25) is 0 Å². The smallest absolute Gasteiger partial charge is 0.220 e. The molecule has 0 radical (unpaired) electrons. The lowest BCUT2D eigenvalue weighted by Gasteiger charge is -2.40. The number of hydrogen-bond acceptors (Lipinski definition) is 8. The lowest BCUT2D eigenvalue weighted by atomic mass is 9.99. The summed E-state index contributed by atoms with van der Waals surface area (Å²) in [6.45, 7) is 3.72. The van der Waals surface area contributed by atoms with Gasteiger partial charge in [0, 0.05) is 6.42 Å². The van der Waals surface area contributed by atoms with Gasteiger partial charge >= 0.3 is 0 Å². The molecule has 0 aliphatic carbocycles. The Labute approximate surface area is 569 Å². The van der Waals surface area contributed by atoms with Crippen LogP contribution in [0, 0.1) is 0 Å². The molecular weight excluding hydrogens is 1140 g/mol. The first-order chi connectivity index (χ1) is 45.3. The summed E-state index contributed by atoms with van der Waals surface area (Å²) in [4.78, 5) is 13.2. The largest absolute Gasteiger partial charge is 0.394 e. The summed E-state index contributed by atoms with van der Waals surface area (Å²) >= 11 is 0. The predicted octanol–water partition coefficient (Wildman–Crippen LogP) is 23.0. The van der Waals surface area contributed by atoms with E-state index in [9.17, 15) is 30.3 Å². The summed E-state index contributed by atoms with van der Waals surface area (Å²) in [5, 5.41) is 54.9. The Balaban J connectivity index is 2.05. The Hall–Kier alpha value is -2.37. The molecule has 1 heterocycles. The number of unbranched alkanes of at least 4 members (excludes halogenated alkanes) is 51. The van der Waals surface area contributed by atoms with Crippen molar-refractivity contribution in [2.24, 2.45) is 0 Å². The molecule has 0 aromatic carbocycles. The Kier molecular flexibility index (Phi) is 68.0. The maximum Gasteiger partial charge on any atom is 0.220 e. The first-order valence-corrected chi connectivity index (χ1v) is 40.2. The predicted molar refractivity (Wildman–Crippen MR) is 396 cm³/mol. The maximum absolute atomic E-state index is 13.2. The van der Waals surface area contributed by atoms with Gasteiger partial charge in [-0.1, -0.05) is 395 Å². The summed E-state index contributed by atoms with van der Waals surface area (Å²) < 4.78 is 11.4. The van der Waals surface area contributed by atoms with E-state index in [2.05, 4.69) is 79.9 Å². The minimum atomic E-state index is -1.57. The molecule has 1 rings (SSSR count). The van der Waals surface area contributed by atoms with Crippen LogP contribution in [0.15, 0.2) is 72.9 Å². The van der Waals surface area contributed by atoms with E-state index >= 15 is 0 Å². The number of carbonyl (C=O) groups excluding carboxylic acids is 1. The molecule has 1 aliphatic rings. The van der Waals surface area contributed by atoms with E-state index in [1.54, 1.807) is 6.08 Å². The second-order valence-corrected chi connectivity index (χ2v) is 27.8. The van der Waals surface area contributed by atoms with Gasteiger partial charge in [0.1, 0.15) is 24.4 Å². The number of carbonyl (C=O) groups is 1. The molecule has 0 bridgehead atoms. The summed E-state index contributed by atoms with van der Waals surface area (Å²) in [5.74, 6) is -0.169. The van der Waals surface area contributed by atoms with Crippen molar-refractivity contribution < 1.29 is 39.8 Å². The van der Waals surface area contributed by atoms with Crippen molar-refractivity contribution in [1.82, 2.24) is 5.32 Å². The Morgan fingerprint density at radius 2 is 0.674 bits per heavy atom. The molecule has 0 spiro atoms. The monoisotopic (exact) mass is 1290 g/mol. The average molecular weight is 1290 g/mol. The van der Waals surface area contributed by atoms with Gasteiger partial charge in [-0.15, -0.1) is 0 Å². The Bertz CT molecular complexity index is 1690. The molecule has 0 aromatic heterocycles. The van der Waals surface area contributed by atoms with Gasteiger partial charge in [0.2, 0.25) is 5.91 Å². The van der Waals surface area contributed by atoms with Crippen LogP contribution in [-0.4, -0.2) is 87.5 Å². The molecule has 538 valence electrons. The number of aliphatic hydroxyl groups is 5. The fraction of sp³-hybridized carbons (Fsp3) is 0.843. The first-order valence-electron chi connectivity index (χ1n) is 40.2. The van der Waals surface area contributed by atoms with Crippen LogP contribution in [0.25, 0.3) is 0 Å². The number of allylic oxidation sites excluding steroid dienone is 11. The molecule has 1 fully saturated rings. The number of rotatable bonds is 71. The summed E-state index contributed by atoms with van der Waals surface area (Å²) in [7, 11) is 0. The van der Waals surface area contributed by atoms with Gasteiger partial charge in [0.05, 0.1) is 25.4 Å². The molecule has 92 heavy (non-hydrogen) atoms. The van der Waals surface area contributed by atoms with E-state index in [0.29, 0.717) is 6.42 Å². The lowest BCUT2D eigenvalue weighted by molar-refractivity contribution is -0.302. The molecular formula is C83H153NO8. The molecule has 9 nitrogen and oxygen atoms in total. The quantitative estimate of drug-likeness (QED) is 0.0261. The number of amides is 1. The number of aliphatic hydroxyl groups excluding tert-OH is 5. The van der Waals surface area contributed by atoms with Gasteiger partial charge in [0.25, 0.3) is 0 Å². The van der Waals surface area contributed by atoms with Crippen LogP contribution in [-0.2, 0) is 14.3 Å². The first kappa shape index (κ1) is 87.6. The highest BCUT2D eigenvalue weighted by Gasteiger charge is 2.44. The maximum atomic E-state index is 13.2. The van der Waals surface area contributed by atoms with Crippen LogP contribution >= 0.6 is 0 Å². The van der Waals surface area contributed by atoms with Crippen molar-refractivity contribution in [3.8, 4) is 0 Å². The number of ether oxygens (including phenoxy) is 2. The Morgan fingerprint density at radius 1 is 0.380 bits per heavy atom. The molecule has 7 unspecified atom stereocenters. The second kappa shape index (κ2) is 71.4. The highest BCUT2D eigenvalue weighted by Crippen LogP contribution is 2.24. The molecule has 1 saturated heterocycles. The summed E-state index contributed by atoms with van der Waals surface area (Å²) in [6.07, 6.45) is 94.8. The van der Waals surface area contributed by atoms with Gasteiger partial charge < -0.3 is 40.3 Å². The summed E-state index contributed by atoms with van der Waals surface area (Å²) in [5.41, 5.74) is 0. The van der Waals surface area contributed by atoms with Crippen LogP contribution in [0.3, 0.4) is 0 Å². The second-order valence-electron chi connectivity index (χ2n) is 27.8. The average Bonchev–Trinajstić information content (AvgIpc) is 1.00. The molecule has 6 N–H and O–H groups in total. The highest BCUT2D eigenvalue weighted by molar-refractivity contribution is 5.76. The van der Waals surface area contributed by atoms with Crippen LogP contribution < -0.4 is 5.32 Å². The molecule has 1 amide bonds. The third-order valence-corrected chi connectivity index (χ3v) is 19.0. The van der Waals surface area contributed by atoms with E-state index < -0.39 is 49.5 Å². The molecule has 7 atom stereocenters. The topological polar surface area (TPSA) is 149 Å². The van der Waals surface area contributed by atoms with Gasteiger partial charge in [0.15, 0.2) is 6.29 Å². The molecule has 0 saturated carbocycles. The third-order valence-electron chi connectivity index (χ3n) is 19.0. The van der Waals surface area contributed by atoms with Crippen molar-refractivity contribution in [2.75, 3.05) is 13.2 Å². The summed E-state index contributed by atoms with van der Waals surface area (Å²) in [6, 6.07) is -0.807. The minimum absolute atomic E-state index is 0.169. The third kappa shape index (κ3) is 58.9. The van der Waals surface area contributed by atoms with E-state index in [1.165, 1.54) is 302 Å². The zero-order chi connectivity index (χ0) is 66.4. The van der Waals surface area contributed by atoms with Gasteiger partial charge in [-0.2, -0.15) is 0 Å². The standard InChI is InChI=1S/C83H153NO8/c1-3-5-7-9-11-13-15-17-19-21-23-25-27-29-31-33-34-35-36-37-38-39-40-41-42-43-44-45-47-49-51-53-55-57-59-61-63-65-67-69-71-73-79(87)84-76(75-91-83-82(90)81(89)80(88)78(74-85)92-83)77(86)72-70-68-66-64-62-60-58-56-54-52-50-48-46-32-30-28-26-24-22-20-18-16-14-12-10-8-6-4-2/h5,7,11,13,17,19,23,25,29,31,70,72,76-78,80-83,85-86,88-90H,3-4,6,8-10,12,14-16,18,20-22,24,26-28,30,32-69,71,73-75H2,1-2H3,(H,84,87)/b7-5-,13-11-,19-17-,25-23-,31-29-,72-70+. The minimum Gasteiger partial charge on any atom is -0.394 e. The van der Waals surface area contributed by atoms with Crippen molar-refractivity contribution in [2.45, 2.75) is 436 Å². The van der Waals surface area contributed by atoms with E-state index in [1.807, 2.05) is 6.08 Å². The molecule has 0 aromatic rings. The van der Waals surface area contributed by atoms with Crippen molar-refractivity contribution in [3.63, 3.8) is 0 Å². The lowest BCUT2D eigenvalue weighted by Crippen LogP contribution is -2.60. The van der Waals surface area contributed by atoms with Crippen LogP contribution in [0.5, 0.6) is 0 Å². The normalized spacial score (nSPS) is 18.0. The van der Waals surface area contributed by atoms with Crippen LogP contribution in [0.4, 0.5) is 0 Å². The Morgan fingerprint density at radius 3 is 1.00 bits per heavy atom. The van der Waals surface area contributed by atoms with Crippen molar-refractivity contribution in [1.29, 1.82) is 0 Å². The van der Waals surface area contributed by atoms with Gasteiger partial charge in [-0.05, 0) is 64.2 Å². The number of nitrogens with one attached hydrogen (secondary N) is 1. The zero-order valence-corrected chi connectivity index (χ0v) is 60.6. The zero-order valence-electron chi connectivity index (χ0n) is 60.6. The SMILES string of the molecule is CC/C=C\C/C=C\C/C=C\C/C=C\C/C=C\CCCCCCCCCCCCCCCCCCCCCCCCCCCC(=O)NC(COC1OC(CO)C(O)C(O)C1O)C(O)/C=C/CCCCCCCCCCCCCCCCCCCCCCCCCCCC. The fourth-order valence-electron chi connectivity index (χ4n) is 12.8. The van der Waals surface area contributed by atoms with E-state index in [0.717, 1.165) is 70.6 Å². The number of hydrogen-bond donors (Lipinski definition) is 6. The fourth-order valence-corrected chi connectivity index (χ4v) is 12.8. The van der Waals surface area contributed by atoms with Gasteiger partial charge in [-0.3, -0.25) is 4.79 Å². The van der Waals surface area contributed by atoms with Crippen molar-refractivity contribution >= 4 is 5.91 Å². The van der Waals surface area contributed by atoms with Crippen LogP contribution in [0.1, 0.15) is 393 Å². The molecule has 9 heteroatoms. The van der Waals surface area contributed by atoms with E-state index in [4.69, 9.17) is 9.47 Å². The van der Waals surface area contributed by atoms with E-state index in [-0.39, 0.29) is 12.5 Å². The van der Waals surface area contributed by atoms with Gasteiger partial charge in [-0.25, -0.2) is 0 Å². The van der Waals surface area contributed by atoms with Crippen molar-refractivity contribution in [3.05, 3.63) is 72.9 Å². The molecule has 1 aliphatic heterocycles. The highest BCUT2D eigenvalue weighted by atomic mass is 16.7.